The average molecular weight is 279 g/mol. The topological polar surface area (TPSA) is 39.1 Å². The van der Waals surface area contributed by atoms with Crippen LogP contribution in [0.5, 0.6) is 0 Å². The van der Waals surface area contributed by atoms with Crippen LogP contribution in [0.4, 0.5) is 0 Å². The van der Waals surface area contributed by atoms with E-state index in [1.807, 2.05) is 7.11 Å². The van der Waals surface area contributed by atoms with Crippen molar-refractivity contribution in [1.29, 1.82) is 0 Å². The highest BCUT2D eigenvalue weighted by atomic mass is 16.5. The number of ether oxygens (including phenoxy) is 1. The second-order valence-corrected chi connectivity index (χ2v) is 5.88. The highest BCUT2D eigenvalue weighted by Gasteiger charge is 2.41. The minimum atomic E-state index is 0.00670. The predicted molar refractivity (Wildman–Crippen MR) is 82.0 cm³/mol. The molecule has 114 valence electrons. The van der Waals surface area contributed by atoms with Crippen molar-refractivity contribution in [3.05, 3.63) is 17.5 Å². The van der Waals surface area contributed by atoms with Gasteiger partial charge in [-0.25, -0.2) is 0 Å². The van der Waals surface area contributed by atoms with Crippen molar-refractivity contribution in [1.82, 2.24) is 15.1 Å². The van der Waals surface area contributed by atoms with Gasteiger partial charge in [-0.2, -0.15) is 5.10 Å². The zero-order chi connectivity index (χ0) is 14.6. The lowest BCUT2D eigenvalue weighted by molar-refractivity contribution is -0.0355. The third kappa shape index (κ3) is 3.07. The number of nitrogens with one attached hydrogen (secondary N) is 1. The van der Waals surface area contributed by atoms with Gasteiger partial charge < -0.3 is 10.1 Å². The van der Waals surface area contributed by atoms with Crippen molar-refractivity contribution in [2.75, 3.05) is 13.7 Å². The summed E-state index contributed by atoms with van der Waals surface area (Å²) in [7, 11) is 1.87. The Morgan fingerprint density at radius 2 is 2.10 bits per heavy atom. The van der Waals surface area contributed by atoms with Gasteiger partial charge in [0.25, 0.3) is 0 Å². The van der Waals surface area contributed by atoms with Gasteiger partial charge in [0.05, 0.1) is 11.3 Å². The van der Waals surface area contributed by atoms with E-state index in [0.717, 1.165) is 25.2 Å². The molecular weight excluding hydrogens is 250 g/mol. The molecule has 1 aliphatic carbocycles. The van der Waals surface area contributed by atoms with E-state index in [4.69, 9.17) is 4.74 Å². The summed E-state index contributed by atoms with van der Waals surface area (Å²) in [5.41, 5.74) is 2.43. The summed E-state index contributed by atoms with van der Waals surface area (Å²) < 4.78 is 8.10. The number of aromatic nitrogens is 2. The van der Waals surface area contributed by atoms with Crippen LogP contribution in [0.25, 0.3) is 0 Å². The number of likely N-dealkylation sites (N-methyl/N-ethyl adjacent to an activating group) is 1. The van der Waals surface area contributed by atoms with Crippen molar-refractivity contribution >= 4 is 0 Å². The van der Waals surface area contributed by atoms with E-state index in [-0.39, 0.29) is 5.60 Å². The zero-order valence-corrected chi connectivity index (χ0v) is 13.4. The predicted octanol–water partition coefficient (Wildman–Crippen LogP) is 2.69. The second kappa shape index (κ2) is 6.72. The molecule has 0 spiro atoms. The molecule has 0 aliphatic heterocycles. The van der Waals surface area contributed by atoms with Gasteiger partial charge in [0.15, 0.2) is 0 Å². The first-order valence-electron chi connectivity index (χ1n) is 7.97. The first-order valence-corrected chi connectivity index (χ1v) is 7.97. The Kier molecular flexibility index (Phi) is 5.22. The molecule has 4 nitrogen and oxygen atoms in total. The molecular formula is C16H29N3O. The molecule has 0 amide bonds. The van der Waals surface area contributed by atoms with Crippen molar-refractivity contribution in [2.24, 2.45) is 0 Å². The number of rotatable bonds is 7. The molecule has 1 fully saturated rings. The van der Waals surface area contributed by atoms with E-state index in [2.05, 4.69) is 41.9 Å². The van der Waals surface area contributed by atoms with E-state index >= 15 is 0 Å². The van der Waals surface area contributed by atoms with Crippen LogP contribution in [0.3, 0.4) is 0 Å². The summed E-state index contributed by atoms with van der Waals surface area (Å²) in [6.45, 7) is 8.31. The molecule has 20 heavy (non-hydrogen) atoms. The fourth-order valence-electron chi connectivity index (χ4n) is 3.61. The molecule has 0 bridgehead atoms. The highest BCUT2D eigenvalue weighted by molar-refractivity contribution is 5.13. The molecule has 0 saturated heterocycles. The zero-order valence-electron chi connectivity index (χ0n) is 13.4. The Morgan fingerprint density at radius 3 is 2.65 bits per heavy atom. The van der Waals surface area contributed by atoms with Gasteiger partial charge in [-0.3, -0.25) is 4.68 Å². The van der Waals surface area contributed by atoms with Gasteiger partial charge in [-0.05, 0) is 39.3 Å². The number of methoxy groups -OCH3 is 1. The maximum Gasteiger partial charge on any atom is 0.0834 e. The summed E-state index contributed by atoms with van der Waals surface area (Å²) in [6.07, 6.45) is 5.89. The van der Waals surface area contributed by atoms with Crippen LogP contribution in [0.15, 0.2) is 6.07 Å². The molecule has 1 heterocycles. The van der Waals surface area contributed by atoms with Gasteiger partial charge in [-0.1, -0.05) is 19.8 Å². The van der Waals surface area contributed by atoms with E-state index in [1.54, 1.807) is 0 Å². The summed E-state index contributed by atoms with van der Waals surface area (Å²) in [6, 6.07) is 2.59. The number of hydrogen-bond donors (Lipinski definition) is 1. The molecule has 1 aliphatic rings. The third-order valence-electron chi connectivity index (χ3n) is 4.64. The van der Waals surface area contributed by atoms with Crippen molar-refractivity contribution < 1.29 is 4.74 Å². The fourth-order valence-corrected chi connectivity index (χ4v) is 3.61. The highest BCUT2D eigenvalue weighted by Crippen LogP contribution is 2.36. The van der Waals surface area contributed by atoms with Crippen LogP contribution >= 0.6 is 0 Å². The van der Waals surface area contributed by atoms with Gasteiger partial charge in [-0.15, -0.1) is 0 Å². The molecule has 4 heteroatoms. The van der Waals surface area contributed by atoms with Crippen molar-refractivity contribution in [3.63, 3.8) is 0 Å². The molecule has 2 rings (SSSR count). The molecule has 0 radical (unpaired) electrons. The number of hydrogen-bond acceptors (Lipinski definition) is 3. The lowest BCUT2D eigenvalue weighted by atomic mass is 9.88. The Labute approximate surface area is 122 Å². The van der Waals surface area contributed by atoms with Crippen LogP contribution in [-0.2, 0) is 17.7 Å². The normalized spacial score (nSPS) is 19.4. The number of aryl methyl sites for hydroxylation is 2. The molecule has 0 aromatic carbocycles. The summed E-state index contributed by atoms with van der Waals surface area (Å²) >= 11 is 0. The van der Waals surface area contributed by atoms with Crippen LogP contribution in [0.1, 0.15) is 50.9 Å². The largest absolute Gasteiger partial charge is 0.377 e. The summed E-state index contributed by atoms with van der Waals surface area (Å²) in [5.74, 6) is 0. The Morgan fingerprint density at radius 1 is 1.40 bits per heavy atom. The van der Waals surface area contributed by atoms with Crippen LogP contribution in [0.2, 0.25) is 0 Å². The Balaban J connectivity index is 2.20. The fraction of sp³-hybridized carbons (Fsp3) is 0.812. The monoisotopic (exact) mass is 279 g/mol. The quantitative estimate of drug-likeness (QED) is 0.834. The van der Waals surface area contributed by atoms with Crippen molar-refractivity contribution in [3.8, 4) is 0 Å². The first kappa shape index (κ1) is 15.5. The molecule has 1 atom stereocenters. The van der Waals surface area contributed by atoms with Crippen LogP contribution in [-0.4, -0.2) is 35.1 Å². The lowest BCUT2D eigenvalue weighted by Gasteiger charge is -2.37. The second-order valence-electron chi connectivity index (χ2n) is 5.88. The Hall–Kier alpha value is -0.870. The minimum absolute atomic E-state index is 0.00670. The van der Waals surface area contributed by atoms with E-state index in [0.29, 0.717) is 6.04 Å². The standard InChI is InChI=1S/C16H29N3O/c1-5-17-15(16(20-4)9-7-8-10-16)12-14-11-13(3)18-19(14)6-2/h11,15,17H,5-10,12H2,1-4H3. The minimum Gasteiger partial charge on any atom is -0.377 e. The lowest BCUT2D eigenvalue weighted by Crippen LogP contribution is -2.52. The smallest absolute Gasteiger partial charge is 0.0834 e. The van der Waals surface area contributed by atoms with E-state index in [9.17, 15) is 0 Å². The van der Waals surface area contributed by atoms with Crippen LogP contribution in [0, 0.1) is 6.92 Å². The molecule has 1 aromatic heterocycles. The molecule has 1 unspecified atom stereocenters. The van der Waals surface area contributed by atoms with Gasteiger partial charge >= 0.3 is 0 Å². The SMILES string of the molecule is CCNC(Cc1cc(C)nn1CC)C1(OC)CCCC1. The molecule has 1 N–H and O–H groups in total. The van der Waals surface area contributed by atoms with Gasteiger partial charge in [0, 0.05) is 31.8 Å². The summed E-state index contributed by atoms with van der Waals surface area (Å²) in [4.78, 5) is 0. The first-order chi connectivity index (χ1) is 9.65. The third-order valence-corrected chi connectivity index (χ3v) is 4.64. The van der Waals surface area contributed by atoms with Crippen molar-refractivity contribution in [2.45, 2.75) is 71.1 Å². The summed E-state index contributed by atoms with van der Waals surface area (Å²) in [5, 5.41) is 8.22. The molecule has 1 saturated carbocycles. The van der Waals surface area contributed by atoms with Gasteiger partial charge in [0.1, 0.15) is 0 Å². The molecule has 1 aromatic rings. The van der Waals surface area contributed by atoms with Crippen LogP contribution < -0.4 is 5.32 Å². The van der Waals surface area contributed by atoms with E-state index < -0.39 is 0 Å². The average Bonchev–Trinajstić information content (AvgIpc) is 3.05. The maximum atomic E-state index is 5.97. The van der Waals surface area contributed by atoms with E-state index in [1.165, 1.54) is 31.4 Å². The Bertz CT molecular complexity index is 421. The number of nitrogens with zero attached hydrogens (tertiary/aromatic N) is 2. The maximum absolute atomic E-state index is 5.97. The van der Waals surface area contributed by atoms with Gasteiger partial charge in [0.2, 0.25) is 0 Å².